The minimum absolute atomic E-state index is 0.429. The molecule has 0 amide bonds. The van der Waals surface area contributed by atoms with Gasteiger partial charge in [0.25, 0.3) is 0 Å². The number of hydrogen-bond donors (Lipinski definition) is 1. The van der Waals surface area contributed by atoms with Crippen LogP contribution in [0.2, 0.25) is 0 Å². The Morgan fingerprint density at radius 3 is 2.22 bits per heavy atom. The first kappa shape index (κ1) is 16.5. The van der Waals surface area contributed by atoms with Gasteiger partial charge in [-0.2, -0.15) is 0 Å². The van der Waals surface area contributed by atoms with Gasteiger partial charge in [0, 0.05) is 32.7 Å². The SMILES string of the molecule is O=C(O)C1(CCN2CCN(Cc3ccccc3)CC2)CCCC1. The van der Waals surface area contributed by atoms with E-state index in [1.807, 2.05) is 0 Å². The van der Waals surface area contributed by atoms with Gasteiger partial charge in [-0.05, 0) is 31.4 Å². The predicted molar refractivity (Wildman–Crippen MR) is 91.3 cm³/mol. The molecule has 1 aliphatic heterocycles. The Hall–Kier alpha value is -1.39. The fraction of sp³-hybridized carbons (Fsp3) is 0.632. The van der Waals surface area contributed by atoms with Gasteiger partial charge in [-0.25, -0.2) is 0 Å². The number of carboxylic acids is 1. The molecule has 3 rings (SSSR count). The Morgan fingerprint density at radius 2 is 1.61 bits per heavy atom. The average Bonchev–Trinajstić information content (AvgIpc) is 3.06. The topological polar surface area (TPSA) is 43.8 Å². The van der Waals surface area contributed by atoms with Gasteiger partial charge in [-0.15, -0.1) is 0 Å². The van der Waals surface area contributed by atoms with Crippen LogP contribution in [0.3, 0.4) is 0 Å². The van der Waals surface area contributed by atoms with Crippen LogP contribution >= 0.6 is 0 Å². The molecule has 0 aromatic heterocycles. The normalized spacial score (nSPS) is 22.3. The average molecular weight is 316 g/mol. The van der Waals surface area contributed by atoms with Crippen molar-refractivity contribution in [2.45, 2.75) is 38.6 Å². The third-order valence-electron chi connectivity index (χ3n) is 5.63. The van der Waals surface area contributed by atoms with Gasteiger partial charge in [0.1, 0.15) is 0 Å². The van der Waals surface area contributed by atoms with E-state index in [-0.39, 0.29) is 0 Å². The molecular weight excluding hydrogens is 288 g/mol. The summed E-state index contributed by atoms with van der Waals surface area (Å²) < 4.78 is 0. The molecule has 0 radical (unpaired) electrons. The van der Waals surface area contributed by atoms with Crippen LogP contribution in [0.5, 0.6) is 0 Å². The molecule has 1 saturated carbocycles. The van der Waals surface area contributed by atoms with Gasteiger partial charge in [0.15, 0.2) is 0 Å². The summed E-state index contributed by atoms with van der Waals surface area (Å²) in [7, 11) is 0. The van der Waals surface area contributed by atoms with Gasteiger partial charge in [-0.3, -0.25) is 9.69 Å². The van der Waals surface area contributed by atoms with E-state index in [9.17, 15) is 9.90 Å². The highest BCUT2D eigenvalue weighted by Crippen LogP contribution is 2.41. The summed E-state index contributed by atoms with van der Waals surface area (Å²) in [5.74, 6) is -0.572. The van der Waals surface area contributed by atoms with E-state index in [1.54, 1.807) is 0 Å². The highest BCUT2D eigenvalue weighted by atomic mass is 16.4. The lowest BCUT2D eigenvalue weighted by atomic mass is 9.82. The van der Waals surface area contributed by atoms with Gasteiger partial charge in [0.2, 0.25) is 0 Å². The number of carbonyl (C=O) groups is 1. The molecule has 1 aliphatic carbocycles. The molecule has 2 fully saturated rings. The highest BCUT2D eigenvalue weighted by Gasteiger charge is 2.41. The Kier molecular flexibility index (Phi) is 5.34. The fourth-order valence-electron chi connectivity index (χ4n) is 4.01. The van der Waals surface area contributed by atoms with Crippen LogP contribution in [-0.4, -0.2) is 53.6 Å². The van der Waals surface area contributed by atoms with Gasteiger partial charge in [0.05, 0.1) is 5.41 Å². The molecule has 4 nitrogen and oxygen atoms in total. The smallest absolute Gasteiger partial charge is 0.309 e. The predicted octanol–water partition coefficient (Wildman–Crippen LogP) is 2.84. The van der Waals surface area contributed by atoms with E-state index in [4.69, 9.17) is 0 Å². The number of carboxylic acid groups (broad SMARTS) is 1. The largest absolute Gasteiger partial charge is 0.481 e. The summed E-state index contributed by atoms with van der Waals surface area (Å²) in [5.41, 5.74) is 0.943. The van der Waals surface area contributed by atoms with Crippen molar-refractivity contribution in [3.05, 3.63) is 35.9 Å². The monoisotopic (exact) mass is 316 g/mol. The lowest BCUT2D eigenvalue weighted by Gasteiger charge is -2.36. The van der Waals surface area contributed by atoms with Gasteiger partial charge >= 0.3 is 5.97 Å². The molecule has 0 unspecified atom stereocenters. The molecule has 2 aliphatic rings. The molecular formula is C19H28N2O2. The number of nitrogens with zero attached hydrogens (tertiary/aromatic N) is 2. The third-order valence-corrected chi connectivity index (χ3v) is 5.63. The Balaban J connectivity index is 1.43. The van der Waals surface area contributed by atoms with E-state index in [0.29, 0.717) is 0 Å². The molecule has 0 spiro atoms. The van der Waals surface area contributed by atoms with Crippen LogP contribution < -0.4 is 0 Å². The molecule has 0 atom stereocenters. The molecule has 4 heteroatoms. The first-order valence-electron chi connectivity index (χ1n) is 8.90. The molecule has 1 aromatic carbocycles. The fourth-order valence-corrected chi connectivity index (χ4v) is 4.01. The standard InChI is InChI=1S/C19H28N2O2/c22-18(23)19(8-4-5-9-19)10-11-20-12-14-21(15-13-20)16-17-6-2-1-3-7-17/h1-3,6-7H,4-5,8-16H2,(H,22,23). The lowest BCUT2D eigenvalue weighted by molar-refractivity contribution is -0.149. The van der Waals surface area contributed by atoms with E-state index in [0.717, 1.165) is 71.4 Å². The van der Waals surface area contributed by atoms with Crippen LogP contribution in [0.15, 0.2) is 30.3 Å². The van der Waals surface area contributed by atoms with Crippen LogP contribution in [0.1, 0.15) is 37.7 Å². The summed E-state index contributed by atoms with van der Waals surface area (Å²) in [4.78, 5) is 16.6. The minimum Gasteiger partial charge on any atom is -0.481 e. The van der Waals surface area contributed by atoms with E-state index in [1.165, 1.54) is 5.56 Å². The zero-order valence-electron chi connectivity index (χ0n) is 13.9. The maximum absolute atomic E-state index is 11.6. The highest BCUT2D eigenvalue weighted by molar-refractivity contribution is 5.75. The van der Waals surface area contributed by atoms with Crippen molar-refractivity contribution in [1.82, 2.24) is 9.80 Å². The molecule has 23 heavy (non-hydrogen) atoms. The first-order chi connectivity index (χ1) is 11.2. The molecule has 126 valence electrons. The van der Waals surface area contributed by atoms with Crippen LogP contribution in [0.4, 0.5) is 0 Å². The first-order valence-corrected chi connectivity index (χ1v) is 8.90. The maximum atomic E-state index is 11.6. The lowest BCUT2D eigenvalue weighted by Crippen LogP contribution is -2.47. The molecule has 1 N–H and O–H groups in total. The van der Waals surface area contributed by atoms with Crippen molar-refractivity contribution in [2.24, 2.45) is 5.41 Å². The van der Waals surface area contributed by atoms with E-state index >= 15 is 0 Å². The summed E-state index contributed by atoms with van der Waals surface area (Å²) in [6, 6.07) is 10.6. The molecule has 1 saturated heterocycles. The van der Waals surface area contributed by atoms with Crippen LogP contribution in [-0.2, 0) is 11.3 Å². The van der Waals surface area contributed by atoms with Crippen molar-refractivity contribution < 1.29 is 9.90 Å². The summed E-state index contributed by atoms with van der Waals surface area (Å²) in [6.45, 7) is 6.23. The number of aliphatic carboxylic acids is 1. The van der Waals surface area contributed by atoms with Crippen LogP contribution in [0.25, 0.3) is 0 Å². The minimum atomic E-state index is -0.572. The van der Waals surface area contributed by atoms with Crippen molar-refractivity contribution in [1.29, 1.82) is 0 Å². The Bertz CT molecular complexity index is 503. The Labute approximate surface area is 139 Å². The van der Waals surface area contributed by atoms with Crippen molar-refractivity contribution in [3.63, 3.8) is 0 Å². The van der Waals surface area contributed by atoms with Crippen molar-refractivity contribution >= 4 is 5.97 Å². The zero-order valence-corrected chi connectivity index (χ0v) is 13.9. The molecule has 0 bridgehead atoms. The van der Waals surface area contributed by atoms with Crippen molar-refractivity contribution in [3.8, 4) is 0 Å². The van der Waals surface area contributed by atoms with Crippen LogP contribution in [0, 0.1) is 5.41 Å². The second kappa shape index (κ2) is 7.45. The quantitative estimate of drug-likeness (QED) is 0.876. The summed E-state index contributed by atoms with van der Waals surface area (Å²) >= 11 is 0. The Morgan fingerprint density at radius 1 is 1.00 bits per heavy atom. The summed E-state index contributed by atoms with van der Waals surface area (Å²) in [6.07, 6.45) is 4.72. The van der Waals surface area contributed by atoms with E-state index in [2.05, 4.69) is 40.1 Å². The molecule has 1 aromatic rings. The second-order valence-corrected chi connectivity index (χ2v) is 7.15. The maximum Gasteiger partial charge on any atom is 0.309 e. The number of piperazine rings is 1. The number of hydrogen-bond acceptors (Lipinski definition) is 3. The summed E-state index contributed by atoms with van der Waals surface area (Å²) in [5, 5.41) is 9.57. The van der Waals surface area contributed by atoms with Crippen molar-refractivity contribution in [2.75, 3.05) is 32.7 Å². The zero-order chi connectivity index (χ0) is 16.1. The van der Waals surface area contributed by atoms with Gasteiger partial charge < -0.3 is 10.0 Å². The number of benzene rings is 1. The number of rotatable bonds is 6. The third kappa shape index (κ3) is 4.12. The van der Waals surface area contributed by atoms with Gasteiger partial charge in [-0.1, -0.05) is 43.2 Å². The second-order valence-electron chi connectivity index (χ2n) is 7.15. The van der Waals surface area contributed by atoms with E-state index < -0.39 is 11.4 Å². The molecule has 1 heterocycles.